The molecular formula is C15H17N3O2. The molecule has 1 saturated heterocycles. The van der Waals surface area contributed by atoms with Crippen LogP contribution in [0, 0.1) is 6.92 Å². The van der Waals surface area contributed by atoms with Crippen LogP contribution in [0.2, 0.25) is 0 Å². The average Bonchev–Trinajstić information content (AvgIpc) is 3.04. The van der Waals surface area contributed by atoms with Crippen LogP contribution in [-0.2, 0) is 11.2 Å². The van der Waals surface area contributed by atoms with Gasteiger partial charge in [0, 0.05) is 18.8 Å². The van der Waals surface area contributed by atoms with Gasteiger partial charge in [-0.2, -0.15) is 0 Å². The maximum absolute atomic E-state index is 12.1. The van der Waals surface area contributed by atoms with E-state index >= 15 is 0 Å². The number of nitrogens with one attached hydrogen (secondary N) is 1. The van der Waals surface area contributed by atoms with E-state index in [1.807, 2.05) is 13.0 Å². The highest BCUT2D eigenvalue weighted by Crippen LogP contribution is 2.33. The van der Waals surface area contributed by atoms with Crippen LogP contribution in [0.15, 0.2) is 16.9 Å². The van der Waals surface area contributed by atoms with Crippen LogP contribution in [0.3, 0.4) is 0 Å². The molecule has 1 unspecified atom stereocenters. The number of H-pyrrole nitrogens is 1. The van der Waals surface area contributed by atoms with E-state index in [4.69, 9.17) is 4.74 Å². The Morgan fingerprint density at radius 2 is 2.35 bits per heavy atom. The van der Waals surface area contributed by atoms with E-state index in [0.717, 1.165) is 38.1 Å². The SMILES string of the molecule is Cc1nc2cc3c(cc2c(=O)[nH]1)N(C1CCOC1)CC3. The number of benzene rings is 1. The molecule has 5 nitrogen and oxygen atoms in total. The largest absolute Gasteiger partial charge is 0.379 e. The summed E-state index contributed by atoms with van der Waals surface area (Å²) in [6, 6.07) is 4.52. The van der Waals surface area contributed by atoms with Gasteiger partial charge in [-0.1, -0.05) is 0 Å². The van der Waals surface area contributed by atoms with E-state index < -0.39 is 0 Å². The monoisotopic (exact) mass is 271 g/mol. The highest BCUT2D eigenvalue weighted by Gasteiger charge is 2.29. The third-order valence-electron chi connectivity index (χ3n) is 4.30. The van der Waals surface area contributed by atoms with E-state index in [9.17, 15) is 4.79 Å². The van der Waals surface area contributed by atoms with Crippen LogP contribution < -0.4 is 10.5 Å². The van der Waals surface area contributed by atoms with Crippen LogP contribution >= 0.6 is 0 Å². The van der Waals surface area contributed by atoms with Crippen LogP contribution in [0.1, 0.15) is 17.8 Å². The normalized spacial score (nSPS) is 21.6. The Balaban J connectivity index is 1.86. The van der Waals surface area contributed by atoms with Crippen molar-refractivity contribution in [2.45, 2.75) is 25.8 Å². The second-order valence-electron chi connectivity index (χ2n) is 5.61. The topological polar surface area (TPSA) is 58.2 Å². The van der Waals surface area contributed by atoms with E-state index in [1.54, 1.807) is 0 Å². The smallest absolute Gasteiger partial charge is 0.258 e. The number of hydrogen-bond acceptors (Lipinski definition) is 4. The lowest BCUT2D eigenvalue weighted by molar-refractivity contribution is 0.193. The van der Waals surface area contributed by atoms with E-state index in [-0.39, 0.29) is 5.56 Å². The summed E-state index contributed by atoms with van der Waals surface area (Å²) in [4.78, 5) is 21.7. The van der Waals surface area contributed by atoms with E-state index in [1.165, 1.54) is 11.3 Å². The minimum atomic E-state index is -0.0511. The molecule has 1 fully saturated rings. The summed E-state index contributed by atoms with van der Waals surface area (Å²) in [7, 11) is 0. The molecule has 0 saturated carbocycles. The molecule has 1 aromatic carbocycles. The lowest BCUT2D eigenvalue weighted by Gasteiger charge is -2.25. The lowest BCUT2D eigenvalue weighted by atomic mass is 10.1. The van der Waals surface area contributed by atoms with Gasteiger partial charge < -0.3 is 14.6 Å². The molecule has 0 radical (unpaired) electrons. The van der Waals surface area contributed by atoms with Crippen molar-refractivity contribution in [2.75, 3.05) is 24.7 Å². The first-order chi connectivity index (χ1) is 9.72. The molecule has 0 aliphatic carbocycles. The number of ether oxygens (including phenoxy) is 1. The van der Waals surface area contributed by atoms with E-state index in [0.29, 0.717) is 17.3 Å². The highest BCUT2D eigenvalue weighted by atomic mass is 16.5. The van der Waals surface area contributed by atoms with Crippen molar-refractivity contribution in [3.63, 3.8) is 0 Å². The number of nitrogens with zero attached hydrogens (tertiary/aromatic N) is 2. The van der Waals surface area contributed by atoms with Crippen molar-refractivity contribution in [2.24, 2.45) is 0 Å². The Kier molecular flexibility index (Phi) is 2.57. The zero-order chi connectivity index (χ0) is 13.7. The second kappa shape index (κ2) is 4.31. The summed E-state index contributed by atoms with van der Waals surface area (Å²) < 4.78 is 5.49. The fraction of sp³-hybridized carbons (Fsp3) is 0.467. The fourth-order valence-corrected chi connectivity index (χ4v) is 3.31. The van der Waals surface area contributed by atoms with Gasteiger partial charge in [0.15, 0.2) is 0 Å². The maximum Gasteiger partial charge on any atom is 0.258 e. The minimum absolute atomic E-state index is 0.0511. The van der Waals surface area contributed by atoms with Crippen molar-refractivity contribution in [3.05, 3.63) is 33.9 Å². The maximum atomic E-state index is 12.1. The van der Waals surface area contributed by atoms with Crippen LogP contribution in [0.25, 0.3) is 10.9 Å². The zero-order valence-electron chi connectivity index (χ0n) is 11.5. The fourth-order valence-electron chi connectivity index (χ4n) is 3.31. The van der Waals surface area contributed by atoms with Gasteiger partial charge in [-0.3, -0.25) is 4.79 Å². The predicted molar refractivity (Wildman–Crippen MR) is 77.4 cm³/mol. The first kappa shape index (κ1) is 11.9. The average molecular weight is 271 g/mol. The summed E-state index contributed by atoms with van der Waals surface area (Å²) in [5, 5.41) is 0.681. The summed E-state index contributed by atoms with van der Waals surface area (Å²) in [6.07, 6.45) is 2.09. The van der Waals surface area contributed by atoms with E-state index in [2.05, 4.69) is 20.9 Å². The molecule has 104 valence electrons. The number of fused-ring (bicyclic) bond motifs is 2. The van der Waals surface area contributed by atoms with Crippen LogP contribution in [0.5, 0.6) is 0 Å². The Hall–Kier alpha value is -1.88. The van der Waals surface area contributed by atoms with Crippen LogP contribution in [0.4, 0.5) is 5.69 Å². The predicted octanol–water partition coefficient (Wildman–Crippen LogP) is 1.38. The number of aromatic nitrogens is 2. The number of rotatable bonds is 1. The van der Waals surface area contributed by atoms with Crippen molar-refractivity contribution in [1.82, 2.24) is 9.97 Å². The molecule has 1 aromatic heterocycles. The summed E-state index contributed by atoms with van der Waals surface area (Å²) >= 11 is 0. The molecule has 20 heavy (non-hydrogen) atoms. The second-order valence-corrected chi connectivity index (χ2v) is 5.61. The third kappa shape index (κ3) is 1.73. The number of hydrogen-bond donors (Lipinski definition) is 1. The van der Waals surface area contributed by atoms with Gasteiger partial charge >= 0.3 is 0 Å². The van der Waals surface area contributed by atoms with Crippen molar-refractivity contribution < 1.29 is 4.74 Å². The molecule has 2 aliphatic heterocycles. The number of aromatic amines is 1. The summed E-state index contributed by atoms with van der Waals surface area (Å²) in [5.41, 5.74) is 3.23. The molecule has 5 heteroatoms. The van der Waals surface area contributed by atoms with Gasteiger partial charge in [-0.15, -0.1) is 0 Å². The van der Waals surface area contributed by atoms with Gasteiger partial charge in [0.1, 0.15) is 5.82 Å². The molecule has 0 amide bonds. The van der Waals surface area contributed by atoms with Gasteiger partial charge in [-0.05, 0) is 37.5 Å². The number of aryl methyl sites for hydroxylation is 1. The zero-order valence-corrected chi connectivity index (χ0v) is 11.5. The molecular weight excluding hydrogens is 254 g/mol. The molecule has 2 aliphatic rings. The first-order valence-electron chi connectivity index (χ1n) is 7.10. The number of anilines is 1. The van der Waals surface area contributed by atoms with Crippen molar-refractivity contribution in [3.8, 4) is 0 Å². The standard InChI is InChI=1S/C15H17N3O2/c1-9-16-13-6-10-2-4-18(11-3-5-20-8-11)14(10)7-12(13)15(19)17-9/h6-7,11H,2-5,8H2,1H3,(H,16,17,19). The molecule has 0 bridgehead atoms. The first-order valence-corrected chi connectivity index (χ1v) is 7.10. The Morgan fingerprint density at radius 3 is 3.15 bits per heavy atom. The highest BCUT2D eigenvalue weighted by molar-refractivity contribution is 5.84. The molecule has 3 heterocycles. The molecule has 1 N–H and O–H groups in total. The quantitative estimate of drug-likeness (QED) is 0.851. The van der Waals surface area contributed by atoms with Gasteiger partial charge in [0.2, 0.25) is 0 Å². The minimum Gasteiger partial charge on any atom is -0.379 e. The molecule has 2 aromatic rings. The van der Waals surface area contributed by atoms with Crippen molar-refractivity contribution >= 4 is 16.6 Å². The Labute approximate surface area is 116 Å². The molecule has 4 rings (SSSR count). The van der Waals surface area contributed by atoms with Gasteiger partial charge in [-0.25, -0.2) is 4.98 Å². The lowest BCUT2D eigenvalue weighted by Crippen LogP contribution is -2.34. The van der Waals surface area contributed by atoms with Crippen molar-refractivity contribution in [1.29, 1.82) is 0 Å². The third-order valence-corrected chi connectivity index (χ3v) is 4.30. The molecule has 0 spiro atoms. The molecule has 1 atom stereocenters. The van der Waals surface area contributed by atoms with Gasteiger partial charge in [0.25, 0.3) is 5.56 Å². The summed E-state index contributed by atoms with van der Waals surface area (Å²) in [6.45, 7) is 4.46. The van der Waals surface area contributed by atoms with Gasteiger partial charge in [0.05, 0.1) is 23.6 Å². The Morgan fingerprint density at radius 1 is 1.45 bits per heavy atom. The Bertz CT molecular complexity index is 732. The summed E-state index contributed by atoms with van der Waals surface area (Å²) in [5.74, 6) is 0.668. The van der Waals surface area contributed by atoms with Crippen LogP contribution in [-0.4, -0.2) is 35.8 Å².